The highest BCUT2D eigenvalue weighted by Gasteiger charge is 2.46. The van der Waals surface area contributed by atoms with Gasteiger partial charge in [0.15, 0.2) is 17.1 Å². The number of nitrogens with two attached hydrogens (primary N) is 1. The predicted octanol–water partition coefficient (Wildman–Crippen LogP) is 4.74. The third-order valence-electron chi connectivity index (χ3n) is 10.0. The minimum atomic E-state index is -0.878. The zero-order valence-corrected chi connectivity index (χ0v) is 33.3. The quantitative estimate of drug-likeness (QED) is 0.154. The van der Waals surface area contributed by atoms with Gasteiger partial charge in [0.05, 0.1) is 50.3 Å². The molecule has 20 heteroatoms. The molecule has 6 aromatic heterocycles. The predicted molar refractivity (Wildman–Crippen MR) is 215 cm³/mol. The maximum Gasteiger partial charge on any atom is 0.408 e. The van der Waals surface area contributed by atoms with Crippen molar-refractivity contribution in [1.29, 1.82) is 0 Å². The van der Waals surface area contributed by atoms with E-state index in [1.54, 1.807) is 85.0 Å². The van der Waals surface area contributed by atoms with Crippen molar-refractivity contribution in [3.8, 4) is 23.0 Å². The number of aromatic nitrogens is 12. The second-order valence-electron chi connectivity index (χ2n) is 15.8. The van der Waals surface area contributed by atoms with Gasteiger partial charge in [0.2, 0.25) is 11.6 Å². The highest BCUT2D eigenvalue weighted by molar-refractivity contribution is 5.90. The highest BCUT2D eigenvalue weighted by Crippen LogP contribution is 2.32. The van der Waals surface area contributed by atoms with E-state index in [1.807, 2.05) is 18.2 Å². The first kappa shape index (κ1) is 39.4. The molecule has 10 rings (SSSR count). The second kappa shape index (κ2) is 15.5. The van der Waals surface area contributed by atoms with Gasteiger partial charge in [-0.15, -0.1) is 0 Å². The summed E-state index contributed by atoms with van der Waals surface area (Å²) in [7, 11) is 0. The zero-order valence-electron chi connectivity index (χ0n) is 33.3. The lowest BCUT2D eigenvalue weighted by Crippen LogP contribution is -2.60. The molecular formula is C41H40F2N14O4. The van der Waals surface area contributed by atoms with Gasteiger partial charge in [-0.05, 0) is 57.2 Å². The number of hydrogen-bond donors (Lipinski definition) is 4. The maximum absolute atomic E-state index is 14.2. The van der Waals surface area contributed by atoms with Crippen molar-refractivity contribution in [1.82, 2.24) is 65.2 Å². The molecule has 0 spiro atoms. The Bertz CT molecular complexity index is 2870. The molecule has 2 aliphatic heterocycles. The highest BCUT2D eigenvalue weighted by atomic mass is 19.1. The van der Waals surface area contributed by atoms with Crippen molar-refractivity contribution in [2.75, 3.05) is 26.4 Å². The summed E-state index contributed by atoms with van der Waals surface area (Å²) in [6.45, 7) is 7.08. The summed E-state index contributed by atoms with van der Waals surface area (Å²) in [5.41, 5.74) is 7.36. The molecule has 0 atom stereocenters. The molecule has 0 saturated carbocycles. The van der Waals surface area contributed by atoms with Gasteiger partial charge in [0.25, 0.3) is 0 Å². The fourth-order valence-corrected chi connectivity index (χ4v) is 6.85. The van der Waals surface area contributed by atoms with Gasteiger partial charge in [-0.2, -0.15) is 20.4 Å². The Labute approximate surface area is 345 Å². The van der Waals surface area contributed by atoms with Crippen LogP contribution < -0.4 is 11.1 Å². The molecule has 8 aromatic rings. The summed E-state index contributed by atoms with van der Waals surface area (Å²) in [4.78, 5) is 30.4. The van der Waals surface area contributed by atoms with Gasteiger partial charge in [-0.25, -0.2) is 42.9 Å². The van der Waals surface area contributed by atoms with Crippen LogP contribution in [0.3, 0.4) is 0 Å². The molecule has 8 heterocycles. The molecule has 18 nitrogen and oxygen atoms in total. The van der Waals surface area contributed by atoms with Gasteiger partial charge < -0.3 is 25.3 Å². The van der Waals surface area contributed by atoms with Crippen LogP contribution in [0.4, 0.5) is 13.6 Å². The van der Waals surface area contributed by atoms with Crippen LogP contribution in [0.25, 0.3) is 45.1 Å². The smallest absolute Gasteiger partial charge is 0.408 e. The Hall–Kier alpha value is -7.03. The van der Waals surface area contributed by atoms with Gasteiger partial charge in [0, 0.05) is 23.5 Å². The molecule has 61 heavy (non-hydrogen) atoms. The monoisotopic (exact) mass is 830 g/mol. The summed E-state index contributed by atoms with van der Waals surface area (Å²) < 4.78 is 47.5. The van der Waals surface area contributed by atoms with Crippen LogP contribution >= 0.6 is 0 Å². The molecule has 0 aliphatic carbocycles. The number of alkyl carbamates (subject to hydrolysis) is 1. The second-order valence-corrected chi connectivity index (χ2v) is 15.8. The fourth-order valence-electron chi connectivity index (χ4n) is 6.85. The number of amides is 1. The maximum atomic E-state index is 14.2. The third kappa shape index (κ3) is 7.78. The Kier molecular flexibility index (Phi) is 10.0. The summed E-state index contributed by atoms with van der Waals surface area (Å²) in [5, 5.41) is 28.0. The van der Waals surface area contributed by atoms with Gasteiger partial charge >= 0.3 is 6.09 Å². The number of fused-ring (bicyclic) bond motifs is 2. The van der Waals surface area contributed by atoms with Gasteiger partial charge in [0.1, 0.15) is 45.5 Å². The Balaban J connectivity index is 0.000000160. The minimum Gasteiger partial charge on any atom is -0.444 e. The van der Waals surface area contributed by atoms with Crippen LogP contribution in [0.15, 0.2) is 85.2 Å². The molecule has 312 valence electrons. The number of H-pyrrole nitrogens is 2. The van der Waals surface area contributed by atoms with Crippen LogP contribution in [0.5, 0.6) is 0 Å². The number of benzene rings is 2. The first-order valence-corrected chi connectivity index (χ1v) is 19.3. The average molecular weight is 831 g/mol. The number of nitrogens with zero attached hydrogens (tertiary/aromatic N) is 10. The van der Waals surface area contributed by atoms with E-state index in [0.717, 1.165) is 10.8 Å². The molecule has 0 unspecified atom stereocenters. The first-order chi connectivity index (χ1) is 29.4. The van der Waals surface area contributed by atoms with Crippen LogP contribution in [-0.2, 0) is 38.4 Å². The lowest BCUT2D eigenvalue weighted by Gasteiger charge is -2.40. The summed E-state index contributed by atoms with van der Waals surface area (Å²) in [5.74, 6) is 1.15. The molecule has 2 fully saturated rings. The average Bonchev–Trinajstić information content (AvgIpc) is 4.03. The van der Waals surface area contributed by atoms with Crippen LogP contribution in [-0.4, -0.2) is 98.0 Å². The van der Waals surface area contributed by atoms with E-state index in [1.165, 1.54) is 12.1 Å². The normalized spacial score (nSPS) is 15.4. The van der Waals surface area contributed by atoms with Crippen LogP contribution in [0, 0.1) is 11.6 Å². The number of carbonyl (C=O) groups excluding carboxylic acids is 1. The summed E-state index contributed by atoms with van der Waals surface area (Å²) in [6.07, 6.45) is 2.76. The van der Waals surface area contributed by atoms with E-state index in [-0.39, 0.29) is 37.9 Å². The SMILES string of the molecule is CC(C)(C)OC(=O)NC1(c2nc(-c3nn(Cc4ccccc4F)c4ncccc34)n[nH]2)COC1.NC1(c2nc(-c3nn(Cc4ccccc4F)c4ncccc34)n[nH]2)COC1. The largest absolute Gasteiger partial charge is 0.444 e. The summed E-state index contributed by atoms with van der Waals surface area (Å²) in [6, 6.07) is 20.5. The lowest BCUT2D eigenvalue weighted by atomic mass is 9.97. The zero-order chi connectivity index (χ0) is 42.4. The van der Waals surface area contributed by atoms with E-state index in [9.17, 15) is 13.6 Å². The van der Waals surface area contributed by atoms with Crippen molar-refractivity contribution < 1.29 is 27.8 Å². The molecular weight excluding hydrogens is 791 g/mol. The molecule has 5 N–H and O–H groups in total. The van der Waals surface area contributed by atoms with Crippen molar-refractivity contribution >= 4 is 28.2 Å². The Morgan fingerprint density at radius 3 is 1.70 bits per heavy atom. The van der Waals surface area contributed by atoms with Crippen molar-refractivity contribution in [2.24, 2.45) is 5.73 Å². The Morgan fingerprint density at radius 1 is 0.754 bits per heavy atom. The first-order valence-electron chi connectivity index (χ1n) is 19.3. The van der Waals surface area contributed by atoms with E-state index in [4.69, 9.17) is 19.9 Å². The van der Waals surface area contributed by atoms with Crippen molar-refractivity contribution in [3.63, 3.8) is 0 Å². The third-order valence-corrected chi connectivity index (χ3v) is 10.0. The lowest BCUT2D eigenvalue weighted by molar-refractivity contribution is -0.0838. The van der Waals surface area contributed by atoms with Crippen LogP contribution in [0.1, 0.15) is 43.5 Å². The molecule has 2 aromatic carbocycles. The number of ether oxygens (including phenoxy) is 3. The topological polar surface area (TPSA) is 227 Å². The van der Waals surface area contributed by atoms with Crippen molar-refractivity contribution in [2.45, 2.75) is 50.5 Å². The number of rotatable bonds is 9. The molecule has 2 saturated heterocycles. The Morgan fingerprint density at radius 2 is 1.25 bits per heavy atom. The van der Waals surface area contributed by atoms with E-state index in [2.05, 4.69) is 55.8 Å². The molecule has 0 radical (unpaired) electrons. The van der Waals surface area contributed by atoms with Gasteiger partial charge in [-0.3, -0.25) is 10.2 Å². The van der Waals surface area contributed by atoms with Crippen LogP contribution in [0.2, 0.25) is 0 Å². The number of carbonyl (C=O) groups is 1. The standard InChI is InChI=1S/C23H24FN7O3.C18H16FN7O/c1-22(2,3)34-21(32)27-23(12-33-13-23)20-26-18(28-29-20)17-15-8-6-10-25-19(15)31(30-17)11-14-7-4-5-9-16(14)24;19-13-6-2-1-4-11(13)8-26-16-12(5-3-7-21-16)14(25-26)15-22-17(24-23-15)18(20)9-27-10-18/h4-10H,11-13H2,1-3H3,(H,27,32)(H,26,28,29);1-7H,8-10,20H2,(H,22,23,24). The summed E-state index contributed by atoms with van der Waals surface area (Å²) >= 11 is 0. The number of pyridine rings is 2. The van der Waals surface area contributed by atoms with E-state index in [0.29, 0.717) is 70.3 Å². The fraction of sp³-hybridized carbons (Fsp3) is 0.293. The number of nitrogens with one attached hydrogen (secondary N) is 3. The van der Waals surface area contributed by atoms with E-state index < -0.39 is 22.8 Å². The number of hydrogen-bond acceptors (Lipinski definition) is 13. The number of aromatic amines is 2. The molecule has 0 bridgehead atoms. The molecule has 2 aliphatic rings. The van der Waals surface area contributed by atoms with Crippen molar-refractivity contribution in [3.05, 3.63) is 120 Å². The number of halogens is 2. The minimum absolute atomic E-state index is 0.204. The van der Waals surface area contributed by atoms with Gasteiger partial charge in [-0.1, -0.05) is 36.4 Å². The van der Waals surface area contributed by atoms with E-state index >= 15 is 0 Å². The molecule has 1 amide bonds.